The van der Waals surface area contributed by atoms with Crippen LogP contribution in [0.15, 0.2) is 47.6 Å². The minimum absolute atomic E-state index is 0.142. The number of hydrogen-bond donors (Lipinski definition) is 1. The Bertz CT molecular complexity index is 1050. The first-order valence-electron chi connectivity index (χ1n) is 8.95. The van der Waals surface area contributed by atoms with E-state index in [4.69, 9.17) is 21.1 Å². The van der Waals surface area contributed by atoms with Gasteiger partial charge in [-0.2, -0.15) is 0 Å². The van der Waals surface area contributed by atoms with Crippen molar-refractivity contribution < 1.29 is 18.7 Å². The number of rotatable bonds is 8. The number of anilines is 1. The van der Waals surface area contributed by atoms with Gasteiger partial charge in [-0.1, -0.05) is 35.5 Å². The van der Waals surface area contributed by atoms with Gasteiger partial charge < -0.3 is 19.4 Å². The summed E-state index contributed by atoms with van der Waals surface area (Å²) in [5, 5.41) is 11.8. The standard InChI is InChI=1S/C20H20ClFN4O3S/c1-12(29-16-9-8-13(22)10-14(16)21)19-24-25-20(26(19)2)30-11-18(27)23-15-6-4-5-7-17(15)28-3/h4-10,12H,11H2,1-3H3,(H,23,27). The van der Waals surface area contributed by atoms with Crippen molar-refractivity contribution in [1.29, 1.82) is 0 Å². The molecule has 0 bridgehead atoms. The van der Waals surface area contributed by atoms with Gasteiger partial charge in [-0.25, -0.2) is 4.39 Å². The molecule has 1 N–H and O–H groups in total. The summed E-state index contributed by atoms with van der Waals surface area (Å²) in [6, 6.07) is 11.1. The first-order valence-corrected chi connectivity index (χ1v) is 10.3. The third-order valence-corrected chi connectivity index (χ3v) is 5.46. The fraction of sp³-hybridized carbons (Fsp3) is 0.250. The molecule has 3 aromatic rings. The van der Waals surface area contributed by atoms with E-state index in [0.29, 0.717) is 28.2 Å². The molecule has 10 heteroatoms. The van der Waals surface area contributed by atoms with Crippen molar-refractivity contribution in [2.45, 2.75) is 18.2 Å². The minimum Gasteiger partial charge on any atom is -0.495 e. The predicted octanol–water partition coefficient (Wildman–Crippen LogP) is 4.49. The number of amides is 1. The molecule has 0 aliphatic rings. The first-order chi connectivity index (χ1) is 14.4. The van der Waals surface area contributed by atoms with Crippen LogP contribution in [0.3, 0.4) is 0 Å². The van der Waals surface area contributed by atoms with E-state index in [9.17, 15) is 9.18 Å². The molecule has 30 heavy (non-hydrogen) atoms. The molecule has 0 spiro atoms. The molecule has 3 rings (SSSR count). The number of carbonyl (C=O) groups excluding carboxylic acids is 1. The van der Waals surface area contributed by atoms with Crippen LogP contribution in [0.25, 0.3) is 0 Å². The minimum atomic E-state index is -0.484. The molecule has 1 unspecified atom stereocenters. The molecule has 0 radical (unpaired) electrons. The first kappa shape index (κ1) is 21.9. The number of thioether (sulfide) groups is 1. The average Bonchev–Trinajstić information content (AvgIpc) is 3.09. The van der Waals surface area contributed by atoms with E-state index >= 15 is 0 Å². The summed E-state index contributed by atoms with van der Waals surface area (Å²) >= 11 is 7.26. The van der Waals surface area contributed by atoms with Crippen LogP contribution in [-0.4, -0.2) is 33.5 Å². The molecule has 0 saturated carbocycles. The Morgan fingerprint density at radius 3 is 2.77 bits per heavy atom. The Labute approximate surface area is 182 Å². The van der Waals surface area contributed by atoms with Gasteiger partial charge in [0.2, 0.25) is 5.91 Å². The highest BCUT2D eigenvalue weighted by molar-refractivity contribution is 7.99. The van der Waals surface area contributed by atoms with E-state index in [1.807, 2.05) is 12.1 Å². The second-order valence-corrected chi connectivity index (χ2v) is 7.62. The van der Waals surface area contributed by atoms with Crippen molar-refractivity contribution in [3.8, 4) is 11.5 Å². The van der Waals surface area contributed by atoms with Gasteiger partial charge in [-0.3, -0.25) is 4.79 Å². The highest BCUT2D eigenvalue weighted by Gasteiger charge is 2.19. The molecule has 1 heterocycles. The Balaban J connectivity index is 1.61. The smallest absolute Gasteiger partial charge is 0.234 e. The number of ether oxygens (including phenoxy) is 2. The third kappa shape index (κ3) is 5.22. The lowest BCUT2D eigenvalue weighted by molar-refractivity contribution is -0.113. The van der Waals surface area contributed by atoms with Crippen molar-refractivity contribution in [3.05, 3.63) is 59.1 Å². The second-order valence-electron chi connectivity index (χ2n) is 6.27. The van der Waals surface area contributed by atoms with E-state index in [1.54, 1.807) is 37.8 Å². The number of nitrogens with one attached hydrogen (secondary N) is 1. The Kier molecular flexibility index (Phi) is 7.17. The van der Waals surface area contributed by atoms with Gasteiger partial charge in [-0.15, -0.1) is 10.2 Å². The molecule has 1 aromatic heterocycles. The molecule has 2 aromatic carbocycles. The summed E-state index contributed by atoms with van der Waals surface area (Å²) in [5.41, 5.74) is 0.599. The second kappa shape index (κ2) is 9.82. The average molecular weight is 451 g/mol. The molecule has 0 fully saturated rings. The summed E-state index contributed by atoms with van der Waals surface area (Å²) < 4.78 is 26.0. The SMILES string of the molecule is COc1ccccc1NC(=O)CSc1nnc(C(C)Oc2ccc(F)cc2Cl)n1C. The molecule has 7 nitrogen and oxygen atoms in total. The monoisotopic (exact) mass is 450 g/mol. The lowest BCUT2D eigenvalue weighted by atomic mass is 10.3. The summed E-state index contributed by atoms with van der Waals surface area (Å²) in [6.45, 7) is 1.78. The van der Waals surface area contributed by atoms with Crippen LogP contribution < -0.4 is 14.8 Å². The number of aromatic nitrogens is 3. The Morgan fingerprint density at radius 1 is 1.27 bits per heavy atom. The number of para-hydroxylation sites is 2. The Hall–Kier alpha value is -2.78. The van der Waals surface area contributed by atoms with Gasteiger partial charge in [0.25, 0.3) is 0 Å². The van der Waals surface area contributed by atoms with E-state index in [-0.39, 0.29) is 16.7 Å². The summed E-state index contributed by atoms with van der Waals surface area (Å²) in [6.07, 6.45) is -0.484. The van der Waals surface area contributed by atoms with E-state index in [1.165, 1.54) is 30.0 Å². The number of nitrogens with zero attached hydrogens (tertiary/aromatic N) is 3. The number of carbonyl (C=O) groups is 1. The van der Waals surface area contributed by atoms with Crippen molar-refractivity contribution in [1.82, 2.24) is 14.8 Å². The Morgan fingerprint density at radius 2 is 2.03 bits per heavy atom. The van der Waals surface area contributed by atoms with E-state index in [0.717, 1.165) is 0 Å². The van der Waals surface area contributed by atoms with Crippen molar-refractivity contribution in [3.63, 3.8) is 0 Å². The molecule has 158 valence electrons. The van der Waals surface area contributed by atoms with Crippen LogP contribution in [0.5, 0.6) is 11.5 Å². The van der Waals surface area contributed by atoms with Gasteiger partial charge in [-0.05, 0) is 37.3 Å². The van der Waals surface area contributed by atoms with Gasteiger partial charge in [0.15, 0.2) is 17.1 Å². The van der Waals surface area contributed by atoms with E-state index in [2.05, 4.69) is 15.5 Å². The quantitative estimate of drug-likeness (QED) is 0.509. The topological polar surface area (TPSA) is 78.3 Å². The fourth-order valence-electron chi connectivity index (χ4n) is 2.68. The molecular weight excluding hydrogens is 431 g/mol. The maximum Gasteiger partial charge on any atom is 0.234 e. The van der Waals surface area contributed by atoms with Gasteiger partial charge in [0.05, 0.1) is 23.6 Å². The lowest BCUT2D eigenvalue weighted by Gasteiger charge is -2.15. The third-order valence-electron chi connectivity index (χ3n) is 4.14. The van der Waals surface area contributed by atoms with Crippen LogP contribution in [0.4, 0.5) is 10.1 Å². The maximum atomic E-state index is 13.2. The summed E-state index contributed by atoms with van der Waals surface area (Å²) in [5.74, 6) is 0.979. The zero-order valence-electron chi connectivity index (χ0n) is 16.6. The maximum absolute atomic E-state index is 13.2. The van der Waals surface area contributed by atoms with Crippen molar-refractivity contribution in [2.24, 2.45) is 7.05 Å². The summed E-state index contributed by atoms with van der Waals surface area (Å²) in [7, 11) is 3.32. The fourth-order valence-corrected chi connectivity index (χ4v) is 3.61. The van der Waals surface area contributed by atoms with Crippen molar-refractivity contribution >= 4 is 35.0 Å². The molecule has 0 aliphatic carbocycles. The summed E-state index contributed by atoms with van der Waals surface area (Å²) in [4.78, 5) is 12.3. The van der Waals surface area contributed by atoms with Crippen LogP contribution in [0.2, 0.25) is 5.02 Å². The van der Waals surface area contributed by atoms with Gasteiger partial charge in [0, 0.05) is 7.05 Å². The number of benzene rings is 2. The molecule has 1 amide bonds. The normalized spacial score (nSPS) is 11.8. The zero-order valence-corrected chi connectivity index (χ0v) is 18.1. The zero-order chi connectivity index (χ0) is 21.7. The largest absolute Gasteiger partial charge is 0.495 e. The highest BCUT2D eigenvalue weighted by atomic mass is 35.5. The molecule has 0 aliphatic heterocycles. The molecule has 0 saturated heterocycles. The van der Waals surface area contributed by atoms with E-state index < -0.39 is 11.9 Å². The lowest BCUT2D eigenvalue weighted by Crippen LogP contribution is -2.15. The number of halogens is 2. The van der Waals surface area contributed by atoms with Crippen molar-refractivity contribution in [2.75, 3.05) is 18.2 Å². The van der Waals surface area contributed by atoms with Gasteiger partial charge in [0.1, 0.15) is 17.3 Å². The molecular formula is C20H20ClFN4O3S. The van der Waals surface area contributed by atoms with Crippen LogP contribution in [-0.2, 0) is 11.8 Å². The highest BCUT2D eigenvalue weighted by Crippen LogP contribution is 2.30. The molecule has 1 atom stereocenters. The number of hydrogen-bond acceptors (Lipinski definition) is 6. The van der Waals surface area contributed by atoms with Crippen LogP contribution in [0.1, 0.15) is 18.9 Å². The van der Waals surface area contributed by atoms with Crippen LogP contribution in [0, 0.1) is 5.82 Å². The van der Waals surface area contributed by atoms with Gasteiger partial charge >= 0.3 is 0 Å². The van der Waals surface area contributed by atoms with Crippen LogP contribution >= 0.6 is 23.4 Å². The predicted molar refractivity (Wildman–Crippen MR) is 114 cm³/mol. The number of methoxy groups -OCH3 is 1.